The van der Waals surface area contributed by atoms with E-state index in [4.69, 9.17) is 17.3 Å². The molecule has 0 fully saturated rings. The van der Waals surface area contributed by atoms with Crippen LogP contribution in [0.25, 0.3) is 0 Å². The van der Waals surface area contributed by atoms with Gasteiger partial charge in [-0.1, -0.05) is 0 Å². The lowest BCUT2D eigenvalue weighted by atomic mass is 10.1. The van der Waals surface area contributed by atoms with Gasteiger partial charge in [0.15, 0.2) is 0 Å². The quantitative estimate of drug-likeness (QED) is 0.722. The minimum Gasteiger partial charge on any atom is -0.480 e. The van der Waals surface area contributed by atoms with E-state index >= 15 is 0 Å². The van der Waals surface area contributed by atoms with Crippen LogP contribution in [-0.2, 0) is 11.0 Å². The Kier molecular flexibility index (Phi) is 4.81. The van der Waals surface area contributed by atoms with E-state index in [9.17, 15) is 22.8 Å². The number of benzene rings is 1. The highest BCUT2D eigenvalue weighted by Gasteiger charge is 2.32. The molecular formula is C13H11F3N2O3. The molecule has 8 heteroatoms. The third kappa shape index (κ3) is 4.14. The van der Waals surface area contributed by atoms with Crippen molar-refractivity contribution in [1.82, 2.24) is 0 Å². The first-order chi connectivity index (χ1) is 9.66. The highest BCUT2D eigenvalue weighted by atomic mass is 19.4. The van der Waals surface area contributed by atoms with Gasteiger partial charge in [0, 0.05) is 12.1 Å². The fourth-order valence-electron chi connectivity index (χ4n) is 1.56. The van der Waals surface area contributed by atoms with Crippen molar-refractivity contribution < 1.29 is 27.9 Å². The van der Waals surface area contributed by atoms with Gasteiger partial charge >= 0.3 is 12.1 Å². The lowest BCUT2D eigenvalue weighted by molar-refractivity contribution is -0.138. The van der Waals surface area contributed by atoms with Crippen molar-refractivity contribution in [3.05, 3.63) is 29.3 Å². The van der Waals surface area contributed by atoms with E-state index in [1.807, 2.05) is 0 Å². The zero-order chi connectivity index (χ0) is 16.2. The second kappa shape index (κ2) is 6.17. The van der Waals surface area contributed by atoms with Gasteiger partial charge in [-0.15, -0.1) is 12.3 Å². The zero-order valence-electron chi connectivity index (χ0n) is 10.6. The van der Waals surface area contributed by atoms with Crippen LogP contribution in [-0.4, -0.2) is 23.0 Å². The van der Waals surface area contributed by atoms with Gasteiger partial charge in [-0.25, -0.2) is 4.79 Å². The maximum absolute atomic E-state index is 12.6. The summed E-state index contributed by atoms with van der Waals surface area (Å²) in [4.78, 5) is 22.2. The minimum atomic E-state index is -4.65. The van der Waals surface area contributed by atoms with Gasteiger partial charge in [-0.2, -0.15) is 13.2 Å². The van der Waals surface area contributed by atoms with E-state index in [0.717, 1.165) is 6.07 Å². The van der Waals surface area contributed by atoms with Gasteiger partial charge in [0.2, 0.25) is 0 Å². The van der Waals surface area contributed by atoms with Gasteiger partial charge < -0.3 is 16.2 Å². The second-order valence-electron chi connectivity index (χ2n) is 4.07. The molecule has 1 aromatic rings. The molecule has 112 valence electrons. The summed E-state index contributed by atoms with van der Waals surface area (Å²) in [5, 5.41) is 11.3. The number of rotatable bonds is 5. The molecule has 0 aliphatic heterocycles. The molecule has 5 nitrogen and oxygen atoms in total. The SMILES string of the molecule is C#CCC(Nc1ccc(C(F)(F)F)cc1C(N)=O)C(=O)O. The van der Waals surface area contributed by atoms with Crippen molar-refractivity contribution in [3.63, 3.8) is 0 Å². The predicted octanol–water partition coefficient (Wildman–Crippen LogP) is 1.69. The molecule has 0 heterocycles. The van der Waals surface area contributed by atoms with Crippen LogP contribution < -0.4 is 11.1 Å². The summed E-state index contributed by atoms with van der Waals surface area (Å²) in [5.74, 6) is -0.306. The Bertz CT molecular complexity index is 606. The van der Waals surface area contributed by atoms with E-state index < -0.39 is 35.2 Å². The summed E-state index contributed by atoms with van der Waals surface area (Å²) >= 11 is 0. The van der Waals surface area contributed by atoms with Crippen LogP contribution in [0.1, 0.15) is 22.3 Å². The molecule has 0 saturated carbocycles. The predicted molar refractivity (Wildman–Crippen MR) is 68.5 cm³/mol. The number of nitrogens with one attached hydrogen (secondary N) is 1. The van der Waals surface area contributed by atoms with E-state index in [1.165, 1.54) is 0 Å². The average Bonchev–Trinajstić information content (AvgIpc) is 2.36. The molecule has 0 aliphatic carbocycles. The fraction of sp³-hybridized carbons (Fsp3) is 0.231. The fourth-order valence-corrected chi connectivity index (χ4v) is 1.56. The van der Waals surface area contributed by atoms with Crippen molar-refractivity contribution in [2.45, 2.75) is 18.6 Å². The Morgan fingerprint density at radius 2 is 2.05 bits per heavy atom. The maximum Gasteiger partial charge on any atom is 0.416 e. The normalized spacial score (nSPS) is 12.3. The number of nitrogens with two attached hydrogens (primary N) is 1. The lowest BCUT2D eigenvalue weighted by Gasteiger charge is -2.17. The molecule has 0 spiro atoms. The van der Waals surface area contributed by atoms with Crippen LogP contribution in [0.3, 0.4) is 0 Å². The Morgan fingerprint density at radius 1 is 1.43 bits per heavy atom. The summed E-state index contributed by atoms with van der Waals surface area (Å²) in [7, 11) is 0. The molecule has 21 heavy (non-hydrogen) atoms. The molecule has 0 aromatic heterocycles. The van der Waals surface area contributed by atoms with Gasteiger partial charge in [0.05, 0.1) is 11.1 Å². The van der Waals surface area contributed by atoms with Gasteiger partial charge in [-0.3, -0.25) is 4.79 Å². The highest BCUT2D eigenvalue weighted by molar-refractivity contribution is 5.99. The summed E-state index contributed by atoms with van der Waals surface area (Å²) < 4.78 is 37.7. The third-order valence-corrected chi connectivity index (χ3v) is 2.56. The van der Waals surface area contributed by atoms with Crippen molar-refractivity contribution in [2.75, 3.05) is 5.32 Å². The Morgan fingerprint density at radius 3 is 2.48 bits per heavy atom. The van der Waals surface area contributed by atoms with Crippen molar-refractivity contribution in [2.24, 2.45) is 5.73 Å². The Labute approximate surface area is 117 Å². The Balaban J connectivity index is 3.21. The standard InChI is InChI=1S/C13H11F3N2O3/c1-2-3-10(12(20)21)18-9-5-4-7(13(14,15)16)6-8(9)11(17)19/h1,4-6,10,18H,3H2,(H2,17,19)(H,20,21). The van der Waals surface area contributed by atoms with Crippen LogP contribution in [0.4, 0.5) is 18.9 Å². The maximum atomic E-state index is 12.6. The number of aliphatic carboxylic acids is 1. The number of carbonyl (C=O) groups excluding carboxylic acids is 1. The summed E-state index contributed by atoms with van der Waals surface area (Å²) in [6.45, 7) is 0. The molecule has 0 saturated heterocycles. The first-order valence-corrected chi connectivity index (χ1v) is 5.60. The average molecular weight is 300 g/mol. The van der Waals surface area contributed by atoms with Gasteiger partial charge in [-0.05, 0) is 18.2 Å². The molecule has 1 amide bonds. The summed E-state index contributed by atoms with van der Waals surface area (Å²) in [5.41, 5.74) is 3.36. The van der Waals surface area contributed by atoms with Crippen LogP contribution in [0.5, 0.6) is 0 Å². The molecule has 1 rings (SSSR count). The van der Waals surface area contributed by atoms with Crippen LogP contribution >= 0.6 is 0 Å². The number of hydrogen-bond acceptors (Lipinski definition) is 3. The van der Waals surface area contributed by atoms with Crippen molar-refractivity contribution >= 4 is 17.6 Å². The number of halogens is 3. The summed E-state index contributed by atoms with van der Waals surface area (Å²) in [6, 6.07) is 0.961. The molecular weight excluding hydrogens is 289 g/mol. The molecule has 0 aliphatic rings. The van der Waals surface area contributed by atoms with E-state index in [0.29, 0.717) is 12.1 Å². The van der Waals surface area contributed by atoms with Crippen molar-refractivity contribution in [3.8, 4) is 12.3 Å². The van der Waals surface area contributed by atoms with Crippen LogP contribution in [0.15, 0.2) is 18.2 Å². The number of primary amides is 1. The molecule has 1 atom stereocenters. The topological polar surface area (TPSA) is 92.4 Å². The molecule has 1 aromatic carbocycles. The highest BCUT2D eigenvalue weighted by Crippen LogP contribution is 2.32. The van der Waals surface area contributed by atoms with Crippen LogP contribution in [0, 0.1) is 12.3 Å². The largest absolute Gasteiger partial charge is 0.480 e. The number of hydrogen-bond donors (Lipinski definition) is 3. The van der Waals surface area contributed by atoms with Crippen LogP contribution in [0.2, 0.25) is 0 Å². The van der Waals surface area contributed by atoms with Gasteiger partial charge in [0.25, 0.3) is 5.91 Å². The lowest BCUT2D eigenvalue weighted by Crippen LogP contribution is -2.30. The molecule has 1 unspecified atom stereocenters. The number of amides is 1. The second-order valence-corrected chi connectivity index (χ2v) is 4.07. The minimum absolute atomic E-state index is 0.127. The van der Waals surface area contributed by atoms with E-state index in [1.54, 1.807) is 0 Å². The number of alkyl halides is 3. The number of carboxylic acids is 1. The zero-order valence-corrected chi connectivity index (χ0v) is 10.6. The number of terminal acetylenes is 1. The molecule has 0 radical (unpaired) electrons. The summed E-state index contributed by atoms with van der Waals surface area (Å²) in [6.07, 6.45) is 0.147. The Hall–Kier alpha value is -2.69. The van der Waals surface area contributed by atoms with E-state index in [2.05, 4.69) is 11.2 Å². The first kappa shape index (κ1) is 16.4. The van der Waals surface area contributed by atoms with E-state index in [-0.39, 0.29) is 12.1 Å². The molecule has 0 bridgehead atoms. The number of carboxylic acid groups (broad SMARTS) is 1. The van der Waals surface area contributed by atoms with Gasteiger partial charge in [0.1, 0.15) is 6.04 Å². The monoisotopic (exact) mass is 300 g/mol. The molecule has 4 N–H and O–H groups in total. The smallest absolute Gasteiger partial charge is 0.416 e. The number of anilines is 1. The first-order valence-electron chi connectivity index (χ1n) is 5.60. The number of carbonyl (C=O) groups is 2. The van der Waals surface area contributed by atoms with Crippen molar-refractivity contribution in [1.29, 1.82) is 0 Å². The third-order valence-electron chi connectivity index (χ3n) is 2.56.